The van der Waals surface area contributed by atoms with Gasteiger partial charge in [-0.15, -0.1) is 0 Å². The zero-order chi connectivity index (χ0) is 23.9. The molecule has 1 amide bonds. The maximum absolute atomic E-state index is 13.0. The van der Waals surface area contributed by atoms with Crippen LogP contribution in [0, 0.1) is 0 Å². The van der Waals surface area contributed by atoms with Crippen molar-refractivity contribution in [1.29, 1.82) is 0 Å². The number of amides is 1. The molecule has 34 heavy (non-hydrogen) atoms. The number of fused-ring (bicyclic) bond motifs is 1. The molecule has 0 aromatic heterocycles. The number of sulfonamides is 1. The van der Waals surface area contributed by atoms with E-state index in [1.165, 1.54) is 35.0 Å². The van der Waals surface area contributed by atoms with Crippen molar-refractivity contribution in [2.24, 2.45) is 0 Å². The van der Waals surface area contributed by atoms with Gasteiger partial charge in [-0.2, -0.15) is 4.31 Å². The first kappa shape index (κ1) is 23.1. The molecule has 1 aliphatic carbocycles. The second-order valence-electron chi connectivity index (χ2n) is 9.39. The van der Waals surface area contributed by atoms with Crippen molar-refractivity contribution < 1.29 is 27.4 Å². The number of rotatable bonds is 4. The molecule has 2 aromatic carbocycles. The monoisotopic (exact) mass is 486 g/mol. The van der Waals surface area contributed by atoms with Crippen molar-refractivity contribution in [2.45, 2.75) is 68.8 Å². The highest BCUT2D eigenvalue weighted by Crippen LogP contribution is 2.46. The molecule has 5 rings (SSSR count). The minimum atomic E-state index is -3.66. The molecule has 2 fully saturated rings. The Morgan fingerprint density at radius 3 is 2.26 bits per heavy atom. The molecule has 1 saturated heterocycles. The highest BCUT2D eigenvalue weighted by Gasteiger charge is 2.42. The third-order valence-electron chi connectivity index (χ3n) is 6.55. The molecule has 2 heterocycles. The van der Waals surface area contributed by atoms with E-state index in [1.807, 2.05) is 19.9 Å². The number of nitrogens with one attached hydrogen (secondary N) is 1. The average molecular weight is 487 g/mol. The smallest absolute Gasteiger partial charge is 0.255 e. The maximum atomic E-state index is 13.0. The molecule has 1 saturated carbocycles. The van der Waals surface area contributed by atoms with Crippen molar-refractivity contribution in [3.63, 3.8) is 0 Å². The molecular weight excluding hydrogens is 456 g/mol. The highest BCUT2D eigenvalue weighted by atomic mass is 32.2. The molecule has 2 aliphatic heterocycles. The molecule has 1 N–H and O–H groups in total. The van der Waals surface area contributed by atoms with E-state index in [0.29, 0.717) is 35.8 Å². The number of carbonyl (C=O) groups is 1. The summed E-state index contributed by atoms with van der Waals surface area (Å²) in [5.41, 5.74) is 0.956. The van der Waals surface area contributed by atoms with Crippen LogP contribution in [0.5, 0.6) is 11.5 Å². The quantitative estimate of drug-likeness (QED) is 0.697. The lowest BCUT2D eigenvalue weighted by molar-refractivity contribution is -0.105. The van der Waals surface area contributed by atoms with Gasteiger partial charge in [-0.1, -0.05) is 6.42 Å². The van der Waals surface area contributed by atoms with E-state index in [2.05, 4.69) is 5.32 Å². The zero-order valence-corrected chi connectivity index (χ0v) is 20.3. The summed E-state index contributed by atoms with van der Waals surface area (Å²) in [4.78, 5) is 13.0. The van der Waals surface area contributed by atoms with Crippen LogP contribution in [0.25, 0.3) is 0 Å². The summed E-state index contributed by atoms with van der Waals surface area (Å²) in [6, 6.07) is 11.4. The van der Waals surface area contributed by atoms with Crippen LogP contribution in [-0.2, 0) is 14.8 Å². The van der Waals surface area contributed by atoms with Crippen LogP contribution < -0.4 is 14.8 Å². The largest absolute Gasteiger partial charge is 0.448 e. The Bertz CT molecular complexity index is 1160. The number of benzene rings is 2. The van der Waals surface area contributed by atoms with E-state index in [1.54, 1.807) is 12.1 Å². The first-order valence-corrected chi connectivity index (χ1v) is 13.3. The fraction of sp³-hybridized carbons (Fsp3) is 0.480. The molecular formula is C25H30N2O6S. The van der Waals surface area contributed by atoms with Crippen molar-refractivity contribution in [2.75, 3.05) is 18.4 Å². The third-order valence-corrected chi connectivity index (χ3v) is 8.40. The Labute approximate surface area is 200 Å². The first-order chi connectivity index (χ1) is 16.2. The Morgan fingerprint density at radius 2 is 1.59 bits per heavy atom. The van der Waals surface area contributed by atoms with Gasteiger partial charge in [0.15, 0.2) is 11.5 Å². The molecule has 8 nitrogen and oxygen atoms in total. The summed E-state index contributed by atoms with van der Waals surface area (Å²) in [6.07, 6.45) is 4.73. The maximum Gasteiger partial charge on any atom is 0.255 e. The van der Waals surface area contributed by atoms with Crippen molar-refractivity contribution in [3.05, 3.63) is 48.0 Å². The second kappa shape index (κ2) is 8.87. The number of hydrogen-bond donors (Lipinski definition) is 1. The lowest BCUT2D eigenvalue weighted by Crippen LogP contribution is -2.48. The number of morpholine rings is 1. The van der Waals surface area contributed by atoms with E-state index in [4.69, 9.17) is 14.2 Å². The number of hydrogen-bond acceptors (Lipinski definition) is 6. The van der Waals surface area contributed by atoms with Gasteiger partial charge >= 0.3 is 0 Å². The van der Waals surface area contributed by atoms with Gasteiger partial charge in [-0.25, -0.2) is 8.42 Å². The predicted molar refractivity (Wildman–Crippen MR) is 127 cm³/mol. The van der Waals surface area contributed by atoms with Crippen LogP contribution in [0.3, 0.4) is 0 Å². The van der Waals surface area contributed by atoms with Crippen LogP contribution in [0.2, 0.25) is 0 Å². The van der Waals surface area contributed by atoms with E-state index >= 15 is 0 Å². The van der Waals surface area contributed by atoms with Crippen LogP contribution >= 0.6 is 0 Å². The Balaban J connectivity index is 1.26. The fourth-order valence-corrected chi connectivity index (χ4v) is 6.51. The van der Waals surface area contributed by atoms with Gasteiger partial charge in [0.25, 0.3) is 11.7 Å². The molecule has 1 spiro atoms. The topological polar surface area (TPSA) is 94.2 Å². The highest BCUT2D eigenvalue weighted by molar-refractivity contribution is 7.89. The van der Waals surface area contributed by atoms with Gasteiger partial charge in [0.1, 0.15) is 0 Å². The minimum absolute atomic E-state index is 0.159. The number of ether oxygens (including phenoxy) is 3. The molecule has 3 aliphatic rings. The molecule has 0 bridgehead atoms. The lowest BCUT2D eigenvalue weighted by atomic mass is 9.94. The van der Waals surface area contributed by atoms with E-state index in [0.717, 1.165) is 25.7 Å². The summed E-state index contributed by atoms with van der Waals surface area (Å²) in [7, 11) is -3.66. The summed E-state index contributed by atoms with van der Waals surface area (Å²) in [5, 5.41) is 2.86. The van der Waals surface area contributed by atoms with E-state index in [9.17, 15) is 13.2 Å². The molecule has 2 atom stereocenters. The SMILES string of the molecule is CC1CN(S(=O)(=O)c2ccc(C(=O)Nc3ccc4c(c3)OC3(CCCCC3)O4)cc2)CC(C)O1. The second-order valence-corrected chi connectivity index (χ2v) is 11.3. The molecule has 9 heteroatoms. The summed E-state index contributed by atoms with van der Waals surface area (Å²) >= 11 is 0. The van der Waals surface area contributed by atoms with Gasteiger partial charge in [-0.3, -0.25) is 4.79 Å². The van der Waals surface area contributed by atoms with Crippen LogP contribution in [0.4, 0.5) is 5.69 Å². The van der Waals surface area contributed by atoms with Gasteiger partial charge in [-0.05, 0) is 63.1 Å². The lowest BCUT2D eigenvalue weighted by Gasteiger charge is -2.34. The molecule has 0 radical (unpaired) electrons. The Hall–Kier alpha value is -2.62. The van der Waals surface area contributed by atoms with Crippen LogP contribution in [0.1, 0.15) is 56.3 Å². The van der Waals surface area contributed by atoms with E-state index in [-0.39, 0.29) is 23.0 Å². The van der Waals surface area contributed by atoms with Gasteiger partial charge in [0, 0.05) is 43.2 Å². The van der Waals surface area contributed by atoms with Crippen molar-refractivity contribution in [1.82, 2.24) is 4.31 Å². The van der Waals surface area contributed by atoms with Crippen molar-refractivity contribution in [3.8, 4) is 11.5 Å². The Morgan fingerprint density at radius 1 is 0.941 bits per heavy atom. The van der Waals surface area contributed by atoms with Crippen LogP contribution in [0.15, 0.2) is 47.4 Å². The normalized spacial score (nSPS) is 24.2. The summed E-state index contributed by atoms with van der Waals surface area (Å²) in [6.45, 7) is 4.33. The molecule has 2 aromatic rings. The van der Waals surface area contributed by atoms with Gasteiger partial charge < -0.3 is 19.5 Å². The predicted octanol–water partition coefficient (Wildman–Crippen LogP) is 4.17. The summed E-state index contributed by atoms with van der Waals surface area (Å²) in [5.74, 6) is 0.431. The Kier molecular flexibility index (Phi) is 6.03. The average Bonchev–Trinajstić information content (AvgIpc) is 3.15. The minimum Gasteiger partial charge on any atom is -0.448 e. The van der Waals surface area contributed by atoms with Crippen LogP contribution in [-0.4, -0.2) is 49.7 Å². The number of anilines is 1. The third kappa shape index (κ3) is 4.52. The summed E-state index contributed by atoms with van der Waals surface area (Å²) < 4.78 is 45.4. The first-order valence-electron chi connectivity index (χ1n) is 11.8. The number of nitrogens with zero attached hydrogens (tertiary/aromatic N) is 1. The van der Waals surface area contributed by atoms with E-state index < -0.39 is 15.8 Å². The van der Waals surface area contributed by atoms with Gasteiger partial charge in [0.2, 0.25) is 10.0 Å². The van der Waals surface area contributed by atoms with Gasteiger partial charge in [0.05, 0.1) is 17.1 Å². The molecule has 2 unspecified atom stereocenters. The fourth-order valence-electron chi connectivity index (χ4n) is 4.92. The van der Waals surface area contributed by atoms with Crippen molar-refractivity contribution >= 4 is 21.6 Å². The standard InChI is InChI=1S/C25H30N2O6S/c1-17-15-27(16-18(2)31-17)34(29,30)21-9-6-19(7-10-21)24(28)26-20-8-11-22-23(14-20)33-25(32-22)12-4-3-5-13-25/h6-11,14,17-18H,3-5,12-13,15-16H2,1-2H3,(H,26,28). The number of carbonyl (C=O) groups excluding carboxylic acids is 1. The molecule has 182 valence electrons. The zero-order valence-electron chi connectivity index (χ0n) is 19.5.